The fourth-order valence-electron chi connectivity index (χ4n) is 3.84. The number of nitrogens with zero attached hydrogens (tertiary/aromatic N) is 3. The van der Waals surface area contributed by atoms with Gasteiger partial charge in [0.1, 0.15) is 12.1 Å². The molecular weight excluding hydrogens is 392 g/mol. The smallest absolute Gasteiger partial charge is 0.407 e. The van der Waals surface area contributed by atoms with Gasteiger partial charge in [-0.15, -0.1) is 0 Å². The van der Waals surface area contributed by atoms with Crippen molar-refractivity contribution in [3.8, 4) is 11.8 Å². The molecular formula is C20H20N4O6. The predicted molar refractivity (Wildman–Crippen MR) is 105 cm³/mol. The third-order valence-corrected chi connectivity index (χ3v) is 5.33. The van der Waals surface area contributed by atoms with Crippen LogP contribution >= 0.6 is 0 Å². The van der Waals surface area contributed by atoms with Crippen molar-refractivity contribution in [2.24, 2.45) is 7.05 Å². The van der Waals surface area contributed by atoms with Crippen molar-refractivity contribution in [1.82, 2.24) is 19.4 Å². The number of nitrogens with one attached hydrogen (secondary N) is 1. The van der Waals surface area contributed by atoms with Crippen LogP contribution in [-0.4, -0.2) is 62.8 Å². The Kier molecular flexibility index (Phi) is 5.05. The minimum absolute atomic E-state index is 0.147. The standard InChI is InChI=1S/C20H20N4O6/c1-22-17-12(5-6-13-11-23(20(28)29)9-10-30-13)3-2-4-14(17)24(19(22)27)15-7-8-16(25)21-18(15)26/h2-4,13,15H,7-11H2,1H3,(H,28,29)(H,21,25,26)/t13-,15?/m0/s1. The van der Waals surface area contributed by atoms with Crippen molar-refractivity contribution in [2.45, 2.75) is 25.0 Å². The number of imide groups is 1. The lowest BCUT2D eigenvalue weighted by molar-refractivity contribution is -0.135. The van der Waals surface area contributed by atoms with Crippen molar-refractivity contribution in [2.75, 3.05) is 19.7 Å². The van der Waals surface area contributed by atoms with Gasteiger partial charge in [0, 0.05) is 20.0 Å². The summed E-state index contributed by atoms with van der Waals surface area (Å²) in [6, 6.07) is 4.45. The zero-order valence-corrected chi connectivity index (χ0v) is 16.3. The van der Waals surface area contributed by atoms with Gasteiger partial charge in [-0.05, 0) is 18.6 Å². The largest absolute Gasteiger partial charge is 0.465 e. The summed E-state index contributed by atoms with van der Waals surface area (Å²) in [5, 5.41) is 11.4. The SMILES string of the molecule is Cn1c(=O)n(C2CCC(=O)NC2=O)c2cccc(C#C[C@H]3CN(C(=O)O)CCO3)c21. The van der Waals surface area contributed by atoms with E-state index in [4.69, 9.17) is 9.84 Å². The van der Waals surface area contributed by atoms with Crippen LogP contribution in [0.5, 0.6) is 0 Å². The Hall–Kier alpha value is -3.58. The molecule has 1 unspecified atom stereocenters. The zero-order chi connectivity index (χ0) is 21.4. The molecule has 2 N–H and O–H groups in total. The highest BCUT2D eigenvalue weighted by Crippen LogP contribution is 2.24. The Labute approximate surface area is 171 Å². The zero-order valence-electron chi connectivity index (χ0n) is 16.3. The molecule has 2 fully saturated rings. The summed E-state index contributed by atoms with van der Waals surface area (Å²) in [5.41, 5.74) is 1.29. The lowest BCUT2D eigenvalue weighted by Crippen LogP contribution is -2.44. The molecule has 4 rings (SSSR count). The molecule has 1 aromatic carbocycles. The Morgan fingerprint density at radius 3 is 2.83 bits per heavy atom. The molecule has 0 aliphatic carbocycles. The van der Waals surface area contributed by atoms with Gasteiger partial charge in [-0.25, -0.2) is 9.59 Å². The summed E-state index contributed by atoms with van der Waals surface area (Å²) in [6.45, 7) is 0.709. The molecule has 0 bridgehead atoms. The maximum atomic E-state index is 12.9. The first-order chi connectivity index (χ1) is 14.4. The number of fused-ring (bicyclic) bond motifs is 1. The molecule has 156 valence electrons. The van der Waals surface area contributed by atoms with Crippen LogP contribution in [0.3, 0.4) is 0 Å². The Morgan fingerprint density at radius 2 is 2.10 bits per heavy atom. The summed E-state index contributed by atoms with van der Waals surface area (Å²) < 4.78 is 8.35. The second-order valence-corrected chi connectivity index (χ2v) is 7.21. The summed E-state index contributed by atoms with van der Waals surface area (Å²) in [6.07, 6.45) is -1.17. The highest BCUT2D eigenvalue weighted by molar-refractivity contribution is 6.00. The number of piperidine rings is 1. The van der Waals surface area contributed by atoms with Crippen LogP contribution in [0.15, 0.2) is 23.0 Å². The topological polar surface area (TPSA) is 123 Å². The minimum Gasteiger partial charge on any atom is -0.465 e. The van der Waals surface area contributed by atoms with Crippen LogP contribution in [0, 0.1) is 11.8 Å². The van der Waals surface area contributed by atoms with E-state index < -0.39 is 24.1 Å². The number of hydrogen-bond acceptors (Lipinski definition) is 5. The predicted octanol–water partition coefficient (Wildman–Crippen LogP) is 0.0480. The van der Waals surface area contributed by atoms with Gasteiger partial charge in [-0.1, -0.05) is 17.9 Å². The molecule has 10 nitrogen and oxygen atoms in total. The summed E-state index contributed by atoms with van der Waals surface area (Å²) >= 11 is 0. The van der Waals surface area contributed by atoms with Gasteiger partial charge in [0.25, 0.3) is 0 Å². The van der Waals surface area contributed by atoms with Crippen LogP contribution in [0.25, 0.3) is 11.0 Å². The number of amides is 3. The highest BCUT2D eigenvalue weighted by Gasteiger charge is 2.31. The van der Waals surface area contributed by atoms with Crippen LogP contribution in [0.2, 0.25) is 0 Å². The van der Waals surface area contributed by atoms with Gasteiger partial charge in [0.05, 0.1) is 29.7 Å². The number of carbonyl (C=O) groups excluding carboxylic acids is 2. The van der Waals surface area contributed by atoms with Crippen LogP contribution < -0.4 is 11.0 Å². The van der Waals surface area contributed by atoms with Gasteiger partial charge in [0.15, 0.2) is 0 Å². The molecule has 2 atom stereocenters. The first-order valence-electron chi connectivity index (χ1n) is 9.51. The Balaban J connectivity index is 1.72. The maximum absolute atomic E-state index is 12.9. The van der Waals surface area contributed by atoms with E-state index in [1.165, 1.54) is 14.0 Å². The van der Waals surface area contributed by atoms with Crippen LogP contribution in [-0.2, 0) is 21.4 Å². The molecule has 2 aromatic rings. The molecule has 1 aromatic heterocycles. The van der Waals surface area contributed by atoms with E-state index in [1.807, 2.05) is 0 Å². The van der Waals surface area contributed by atoms with Crippen LogP contribution in [0.4, 0.5) is 4.79 Å². The van der Waals surface area contributed by atoms with Crippen molar-refractivity contribution < 1.29 is 24.2 Å². The van der Waals surface area contributed by atoms with E-state index in [0.29, 0.717) is 23.1 Å². The molecule has 2 aliphatic heterocycles. The fourth-order valence-corrected chi connectivity index (χ4v) is 3.84. The molecule has 2 aliphatic rings. The molecule has 30 heavy (non-hydrogen) atoms. The van der Waals surface area contributed by atoms with E-state index in [-0.39, 0.29) is 37.6 Å². The van der Waals surface area contributed by atoms with E-state index in [1.54, 1.807) is 25.2 Å². The van der Waals surface area contributed by atoms with Gasteiger partial charge < -0.3 is 14.7 Å². The molecule has 0 saturated carbocycles. The number of carbonyl (C=O) groups is 3. The number of imidazole rings is 1. The Bertz CT molecular complexity index is 1170. The van der Waals surface area contributed by atoms with Crippen molar-refractivity contribution in [3.63, 3.8) is 0 Å². The number of hydrogen-bond donors (Lipinski definition) is 2. The van der Waals surface area contributed by atoms with Crippen molar-refractivity contribution >= 4 is 28.9 Å². The molecule has 10 heteroatoms. The van der Waals surface area contributed by atoms with E-state index in [2.05, 4.69) is 17.2 Å². The first kappa shape index (κ1) is 19.7. The van der Waals surface area contributed by atoms with Gasteiger partial charge >= 0.3 is 11.8 Å². The monoisotopic (exact) mass is 412 g/mol. The number of morpholine rings is 1. The maximum Gasteiger partial charge on any atom is 0.407 e. The van der Waals surface area contributed by atoms with Gasteiger partial charge in [-0.3, -0.25) is 24.0 Å². The highest BCUT2D eigenvalue weighted by atomic mass is 16.5. The van der Waals surface area contributed by atoms with Crippen LogP contribution in [0.1, 0.15) is 24.4 Å². The third kappa shape index (κ3) is 3.44. The van der Waals surface area contributed by atoms with Crippen molar-refractivity contribution in [1.29, 1.82) is 0 Å². The molecule has 0 radical (unpaired) electrons. The molecule has 3 amide bonds. The van der Waals surface area contributed by atoms with Gasteiger partial charge in [0.2, 0.25) is 11.8 Å². The Morgan fingerprint density at radius 1 is 1.30 bits per heavy atom. The van der Waals surface area contributed by atoms with E-state index >= 15 is 0 Å². The summed E-state index contributed by atoms with van der Waals surface area (Å²) in [5.74, 6) is 5.09. The quantitative estimate of drug-likeness (QED) is 0.504. The number of rotatable bonds is 1. The van der Waals surface area contributed by atoms with Crippen molar-refractivity contribution in [3.05, 3.63) is 34.2 Å². The molecule has 0 spiro atoms. The second kappa shape index (κ2) is 7.68. The average Bonchev–Trinajstić information content (AvgIpc) is 2.98. The lowest BCUT2D eigenvalue weighted by Gasteiger charge is -2.28. The molecule has 3 heterocycles. The number of aryl methyl sites for hydroxylation is 1. The van der Waals surface area contributed by atoms with Gasteiger partial charge in [-0.2, -0.15) is 0 Å². The number of para-hydroxylation sites is 1. The number of ether oxygens (including phenoxy) is 1. The summed E-state index contributed by atoms with van der Waals surface area (Å²) in [7, 11) is 1.60. The fraction of sp³-hybridized carbons (Fsp3) is 0.400. The molecule has 2 saturated heterocycles. The average molecular weight is 412 g/mol. The van der Waals surface area contributed by atoms with E-state index in [0.717, 1.165) is 0 Å². The summed E-state index contributed by atoms with van der Waals surface area (Å²) in [4.78, 5) is 49.1. The lowest BCUT2D eigenvalue weighted by atomic mass is 10.1. The number of aromatic nitrogens is 2. The number of benzene rings is 1. The second-order valence-electron chi connectivity index (χ2n) is 7.21. The number of carboxylic acid groups (broad SMARTS) is 1. The first-order valence-corrected chi connectivity index (χ1v) is 9.51. The van der Waals surface area contributed by atoms with E-state index in [9.17, 15) is 19.2 Å². The minimum atomic E-state index is -1.02. The normalized spacial score (nSPS) is 21.8. The third-order valence-electron chi connectivity index (χ3n) is 5.33.